The van der Waals surface area contributed by atoms with E-state index in [1.807, 2.05) is 13.0 Å². The Kier molecular flexibility index (Phi) is 6.05. The summed E-state index contributed by atoms with van der Waals surface area (Å²) in [6, 6.07) is 5.47. The first-order chi connectivity index (χ1) is 8.58. The van der Waals surface area contributed by atoms with Crippen LogP contribution in [0, 0.1) is 5.92 Å². The highest BCUT2D eigenvalue weighted by Crippen LogP contribution is 2.27. The van der Waals surface area contributed by atoms with Gasteiger partial charge in [0, 0.05) is 22.9 Å². The van der Waals surface area contributed by atoms with Crippen LogP contribution in [0.2, 0.25) is 0 Å². The smallest absolute Gasteiger partial charge is 0.252 e. The van der Waals surface area contributed by atoms with Crippen LogP contribution in [-0.2, 0) is 0 Å². The number of hydrogen-bond donors (Lipinski definition) is 2. The van der Waals surface area contributed by atoms with Crippen molar-refractivity contribution in [2.24, 2.45) is 5.92 Å². The maximum Gasteiger partial charge on any atom is 0.252 e. The Hall–Kier alpha value is -1.16. The standard InChI is InChI=1S/C14H22N2OS/c1-4-10(3)9-18-13-8-11(15)6-7-12(13)14(17)16-5-2/h6-8,10H,4-5,9,15H2,1-3H3,(H,16,17). The van der Waals surface area contributed by atoms with E-state index < -0.39 is 0 Å². The van der Waals surface area contributed by atoms with Gasteiger partial charge in [-0.3, -0.25) is 4.79 Å². The van der Waals surface area contributed by atoms with Gasteiger partial charge >= 0.3 is 0 Å². The number of rotatable bonds is 6. The maximum atomic E-state index is 11.9. The number of carbonyl (C=O) groups is 1. The van der Waals surface area contributed by atoms with Gasteiger partial charge in [-0.05, 0) is 31.0 Å². The molecule has 0 aliphatic carbocycles. The van der Waals surface area contributed by atoms with Crippen molar-refractivity contribution in [1.82, 2.24) is 5.32 Å². The van der Waals surface area contributed by atoms with Gasteiger partial charge in [0.15, 0.2) is 0 Å². The lowest BCUT2D eigenvalue weighted by atomic mass is 10.2. The molecule has 1 aromatic rings. The second-order valence-corrected chi connectivity index (χ2v) is 5.50. The average molecular weight is 266 g/mol. The van der Waals surface area contributed by atoms with Gasteiger partial charge in [-0.1, -0.05) is 20.3 Å². The van der Waals surface area contributed by atoms with E-state index in [1.54, 1.807) is 23.9 Å². The highest BCUT2D eigenvalue weighted by atomic mass is 32.2. The van der Waals surface area contributed by atoms with Crippen molar-refractivity contribution in [3.63, 3.8) is 0 Å². The van der Waals surface area contributed by atoms with E-state index in [9.17, 15) is 4.79 Å². The van der Waals surface area contributed by atoms with Crippen molar-refractivity contribution in [2.45, 2.75) is 32.1 Å². The molecule has 0 saturated heterocycles. The molecular formula is C14H22N2OS. The molecule has 18 heavy (non-hydrogen) atoms. The number of carbonyl (C=O) groups excluding carboxylic acids is 1. The zero-order chi connectivity index (χ0) is 13.5. The van der Waals surface area contributed by atoms with Crippen LogP contribution in [-0.4, -0.2) is 18.2 Å². The number of nitrogens with one attached hydrogen (secondary N) is 1. The number of nitrogen functional groups attached to an aromatic ring is 1. The minimum absolute atomic E-state index is 0.0239. The number of benzene rings is 1. The fraction of sp³-hybridized carbons (Fsp3) is 0.500. The summed E-state index contributed by atoms with van der Waals surface area (Å²) in [6.45, 7) is 6.94. The molecular weight excluding hydrogens is 244 g/mol. The number of hydrogen-bond acceptors (Lipinski definition) is 3. The number of amides is 1. The highest BCUT2D eigenvalue weighted by molar-refractivity contribution is 7.99. The molecule has 0 fully saturated rings. The molecule has 1 rings (SSSR count). The minimum atomic E-state index is -0.0239. The molecule has 0 radical (unpaired) electrons. The summed E-state index contributed by atoms with van der Waals surface area (Å²) in [4.78, 5) is 12.9. The Morgan fingerprint density at radius 1 is 1.44 bits per heavy atom. The highest BCUT2D eigenvalue weighted by Gasteiger charge is 2.12. The Labute approximate surface area is 114 Å². The van der Waals surface area contributed by atoms with Gasteiger partial charge in [-0.25, -0.2) is 0 Å². The van der Waals surface area contributed by atoms with Crippen molar-refractivity contribution < 1.29 is 4.79 Å². The molecule has 0 aliphatic rings. The monoisotopic (exact) mass is 266 g/mol. The van der Waals surface area contributed by atoms with E-state index >= 15 is 0 Å². The van der Waals surface area contributed by atoms with Gasteiger partial charge in [0.1, 0.15) is 0 Å². The van der Waals surface area contributed by atoms with Crippen molar-refractivity contribution in [3.05, 3.63) is 23.8 Å². The van der Waals surface area contributed by atoms with Gasteiger partial charge in [-0.2, -0.15) is 0 Å². The lowest BCUT2D eigenvalue weighted by molar-refractivity contribution is 0.0953. The van der Waals surface area contributed by atoms with Crippen LogP contribution >= 0.6 is 11.8 Å². The molecule has 3 N–H and O–H groups in total. The second-order valence-electron chi connectivity index (χ2n) is 4.44. The van der Waals surface area contributed by atoms with Crippen LogP contribution in [0.5, 0.6) is 0 Å². The Morgan fingerprint density at radius 2 is 2.17 bits per heavy atom. The summed E-state index contributed by atoms with van der Waals surface area (Å²) >= 11 is 1.71. The van der Waals surface area contributed by atoms with Crippen LogP contribution in [0.15, 0.2) is 23.1 Å². The molecule has 3 nitrogen and oxygen atoms in total. The molecule has 0 aliphatic heterocycles. The zero-order valence-electron chi connectivity index (χ0n) is 11.3. The normalized spacial score (nSPS) is 12.2. The molecule has 0 saturated carbocycles. The first-order valence-electron chi connectivity index (χ1n) is 6.39. The van der Waals surface area contributed by atoms with Crippen molar-refractivity contribution in [1.29, 1.82) is 0 Å². The van der Waals surface area contributed by atoms with Gasteiger partial charge in [0.2, 0.25) is 0 Å². The Bertz CT molecular complexity index is 407. The molecule has 0 spiro atoms. The fourth-order valence-electron chi connectivity index (χ4n) is 1.45. The second kappa shape index (κ2) is 7.31. The number of thioether (sulfide) groups is 1. The first-order valence-corrected chi connectivity index (χ1v) is 7.37. The zero-order valence-corrected chi connectivity index (χ0v) is 12.1. The van der Waals surface area contributed by atoms with Crippen LogP contribution in [0.1, 0.15) is 37.6 Å². The van der Waals surface area contributed by atoms with E-state index in [2.05, 4.69) is 19.2 Å². The van der Waals surface area contributed by atoms with E-state index in [-0.39, 0.29) is 5.91 Å². The third-order valence-electron chi connectivity index (χ3n) is 2.81. The van der Waals surface area contributed by atoms with E-state index in [1.165, 1.54) is 0 Å². The van der Waals surface area contributed by atoms with Gasteiger partial charge in [0.05, 0.1) is 5.56 Å². The summed E-state index contributed by atoms with van der Waals surface area (Å²) in [5, 5.41) is 2.83. The van der Waals surface area contributed by atoms with E-state index in [4.69, 9.17) is 5.73 Å². The molecule has 1 unspecified atom stereocenters. The molecule has 0 aromatic heterocycles. The third kappa shape index (κ3) is 4.26. The lowest BCUT2D eigenvalue weighted by Gasteiger charge is -2.12. The SMILES string of the molecule is CCNC(=O)c1ccc(N)cc1SCC(C)CC. The van der Waals surface area contributed by atoms with Crippen molar-refractivity contribution in [3.8, 4) is 0 Å². The van der Waals surface area contributed by atoms with Crippen LogP contribution in [0.25, 0.3) is 0 Å². The molecule has 100 valence electrons. The number of anilines is 1. The molecule has 0 heterocycles. The quantitative estimate of drug-likeness (QED) is 0.614. The predicted octanol–water partition coefficient (Wildman–Crippen LogP) is 3.16. The van der Waals surface area contributed by atoms with Crippen LogP contribution < -0.4 is 11.1 Å². The van der Waals surface area contributed by atoms with Crippen LogP contribution in [0.4, 0.5) is 5.69 Å². The van der Waals surface area contributed by atoms with E-state index in [0.29, 0.717) is 18.2 Å². The third-order valence-corrected chi connectivity index (χ3v) is 4.19. The minimum Gasteiger partial charge on any atom is -0.399 e. The predicted molar refractivity (Wildman–Crippen MR) is 79.0 cm³/mol. The summed E-state index contributed by atoms with van der Waals surface area (Å²) in [5.74, 6) is 1.62. The van der Waals surface area contributed by atoms with Crippen molar-refractivity contribution in [2.75, 3.05) is 18.0 Å². The lowest BCUT2D eigenvalue weighted by Crippen LogP contribution is -2.23. The van der Waals surface area contributed by atoms with Gasteiger partial charge in [-0.15, -0.1) is 11.8 Å². The Balaban J connectivity index is 2.86. The average Bonchev–Trinajstić information content (AvgIpc) is 2.36. The Morgan fingerprint density at radius 3 is 2.78 bits per heavy atom. The number of nitrogens with two attached hydrogens (primary N) is 1. The molecule has 4 heteroatoms. The molecule has 0 bridgehead atoms. The molecule has 1 atom stereocenters. The van der Waals surface area contributed by atoms with Gasteiger partial charge in [0.25, 0.3) is 5.91 Å². The first kappa shape index (κ1) is 14.9. The molecule has 1 aromatic carbocycles. The fourth-order valence-corrected chi connectivity index (χ4v) is 2.69. The van der Waals surface area contributed by atoms with Gasteiger partial charge < -0.3 is 11.1 Å². The van der Waals surface area contributed by atoms with Crippen LogP contribution in [0.3, 0.4) is 0 Å². The summed E-state index contributed by atoms with van der Waals surface area (Å²) in [6.07, 6.45) is 1.14. The summed E-state index contributed by atoms with van der Waals surface area (Å²) in [5.41, 5.74) is 7.22. The summed E-state index contributed by atoms with van der Waals surface area (Å²) < 4.78 is 0. The summed E-state index contributed by atoms with van der Waals surface area (Å²) in [7, 11) is 0. The largest absolute Gasteiger partial charge is 0.399 e. The van der Waals surface area contributed by atoms with Crippen molar-refractivity contribution >= 4 is 23.4 Å². The molecule has 1 amide bonds. The maximum absolute atomic E-state index is 11.9. The van der Waals surface area contributed by atoms with E-state index in [0.717, 1.165) is 22.6 Å². The topological polar surface area (TPSA) is 55.1 Å².